The molecule has 1 unspecified atom stereocenters. The predicted octanol–water partition coefficient (Wildman–Crippen LogP) is 0.514. The van der Waals surface area contributed by atoms with Crippen LogP contribution < -0.4 is 10.6 Å². The van der Waals surface area contributed by atoms with Crippen LogP contribution in [0.1, 0.15) is 30.0 Å². The van der Waals surface area contributed by atoms with Gasteiger partial charge in [-0.25, -0.2) is 0 Å². The number of carbonyl (C=O) groups is 1. The lowest BCUT2D eigenvalue weighted by atomic mass is 9.93. The Labute approximate surface area is 106 Å². The fourth-order valence-electron chi connectivity index (χ4n) is 2.55. The number of hydrogen-bond acceptors (Lipinski definition) is 3. The van der Waals surface area contributed by atoms with Gasteiger partial charge in [0.1, 0.15) is 6.04 Å². The maximum Gasteiger partial charge on any atom is 0.242 e. The molecule has 1 aromatic carbocycles. The third-order valence-electron chi connectivity index (χ3n) is 3.92. The van der Waals surface area contributed by atoms with Crippen molar-refractivity contribution in [2.75, 3.05) is 13.2 Å². The number of aliphatic hydroxyl groups excluding tert-OH is 1. The Balaban J connectivity index is 1.79. The standard InChI is InChI=1S/C14H18N2O2/c17-9-14(6-7-14)16-13(18)12-11-4-2-1-3-10(11)5-8-15-12/h1-4,12,15,17H,5-9H2,(H,16,18). The fourth-order valence-corrected chi connectivity index (χ4v) is 2.55. The maximum absolute atomic E-state index is 12.3. The molecule has 0 aromatic heterocycles. The number of benzene rings is 1. The Morgan fingerprint density at radius 1 is 1.44 bits per heavy atom. The van der Waals surface area contributed by atoms with Crippen molar-refractivity contribution in [3.8, 4) is 0 Å². The third-order valence-corrected chi connectivity index (χ3v) is 3.92. The lowest BCUT2D eigenvalue weighted by Crippen LogP contribution is -2.47. The highest BCUT2D eigenvalue weighted by molar-refractivity contribution is 5.85. The molecule has 1 aliphatic heterocycles. The number of rotatable bonds is 3. The van der Waals surface area contributed by atoms with E-state index in [2.05, 4.69) is 16.7 Å². The monoisotopic (exact) mass is 246 g/mol. The van der Waals surface area contributed by atoms with Crippen molar-refractivity contribution in [2.24, 2.45) is 0 Å². The van der Waals surface area contributed by atoms with Crippen LogP contribution in [0.2, 0.25) is 0 Å². The summed E-state index contributed by atoms with van der Waals surface area (Å²) in [6, 6.07) is 7.78. The van der Waals surface area contributed by atoms with E-state index in [0.29, 0.717) is 0 Å². The van der Waals surface area contributed by atoms with Crippen LogP contribution >= 0.6 is 0 Å². The lowest BCUT2D eigenvalue weighted by molar-refractivity contribution is -0.124. The van der Waals surface area contributed by atoms with Gasteiger partial charge in [0.05, 0.1) is 12.1 Å². The van der Waals surface area contributed by atoms with E-state index >= 15 is 0 Å². The molecular formula is C14H18N2O2. The number of amides is 1. The van der Waals surface area contributed by atoms with Crippen LogP contribution in [0, 0.1) is 0 Å². The van der Waals surface area contributed by atoms with Crippen LogP contribution in [0.25, 0.3) is 0 Å². The van der Waals surface area contributed by atoms with Crippen molar-refractivity contribution in [1.82, 2.24) is 10.6 Å². The second-order valence-corrected chi connectivity index (χ2v) is 5.26. The summed E-state index contributed by atoms with van der Waals surface area (Å²) in [5.41, 5.74) is 1.96. The molecule has 2 aliphatic rings. The van der Waals surface area contributed by atoms with Crippen LogP contribution in [-0.4, -0.2) is 29.7 Å². The number of hydrogen-bond donors (Lipinski definition) is 3. The van der Waals surface area contributed by atoms with E-state index in [0.717, 1.165) is 31.4 Å². The first kappa shape index (κ1) is 11.7. The smallest absolute Gasteiger partial charge is 0.242 e. The molecule has 1 heterocycles. The summed E-state index contributed by atoms with van der Waals surface area (Å²) in [5, 5.41) is 15.5. The molecule has 0 spiro atoms. The Morgan fingerprint density at radius 3 is 2.94 bits per heavy atom. The molecule has 4 nitrogen and oxygen atoms in total. The van der Waals surface area contributed by atoms with Crippen LogP contribution in [-0.2, 0) is 11.2 Å². The van der Waals surface area contributed by atoms with Crippen LogP contribution in [0.3, 0.4) is 0 Å². The zero-order valence-electron chi connectivity index (χ0n) is 10.3. The zero-order valence-corrected chi connectivity index (χ0v) is 10.3. The number of fused-ring (bicyclic) bond motifs is 1. The molecule has 18 heavy (non-hydrogen) atoms. The second kappa shape index (κ2) is 4.37. The summed E-state index contributed by atoms with van der Waals surface area (Å²) in [7, 11) is 0. The minimum atomic E-state index is -0.342. The molecule has 0 radical (unpaired) electrons. The quantitative estimate of drug-likeness (QED) is 0.728. The van der Waals surface area contributed by atoms with E-state index in [1.165, 1.54) is 5.56 Å². The molecule has 3 rings (SSSR count). The molecule has 3 N–H and O–H groups in total. The largest absolute Gasteiger partial charge is 0.394 e. The summed E-state index contributed by atoms with van der Waals surface area (Å²) in [6.07, 6.45) is 2.72. The molecule has 1 aliphatic carbocycles. The summed E-state index contributed by atoms with van der Waals surface area (Å²) < 4.78 is 0. The summed E-state index contributed by atoms with van der Waals surface area (Å²) >= 11 is 0. The average molecular weight is 246 g/mol. The molecule has 4 heteroatoms. The van der Waals surface area contributed by atoms with E-state index in [1.807, 2.05) is 18.2 Å². The summed E-state index contributed by atoms with van der Waals surface area (Å²) in [5.74, 6) is -0.0197. The highest BCUT2D eigenvalue weighted by Gasteiger charge is 2.44. The van der Waals surface area contributed by atoms with Gasteiger partial charge in [-0.05, 0) is 30.4 Å². The summed E-state index contributed by atoms with van der Waals surface area (Å²) in [6.45, 7) is 0.855. The average Bonchev–Trinajstić information content (AvgIpc) is 3.18. The Bertz CT molecular complexity index is 469. The van der Waals surface area contributed by atoms with Gasteiger partial charge in [0.2, 0.25) is 5.91 Å². The van der Waals surface area contributed by atoms with Gasteiger partial charge in [-0.2, -0.15) is 0 Å². The van der Waals surface area contributed by atoms with E-state index in [9.17, 15) is 9.90 Å². The number of nitrogens with one attached hydrogen (secondary N) is 2. The maximum atomic E-state index is 12.3. The molecule has 1 aromatic rings. The van der Waals surface area contributed by atoms with E-state index in [1.54, 1.807) is 0 Å². The van der Waals surface area contributed by atoms with Gasteiger partial charge in [-0.15, -0.1) is 0 Å². The van der Waals surface area contributed by atoms with Crippen molar-refractivity contribution in [2.45, 2.75) is 30.8 Å². The molecule has 0 saturated heterocycles. The van der Waals surface area contributed by atoms with Gasteiger partial charge in [-0.3, -0.25) is 4.79 Å². The normalized spacial score (nSPS) is 24.2. The van der Waals surface area contributed by atoms with Crippen molar-refractivity contribution in [3.63, 3.8) is 0 Å². The summed E-state index contributed by atoms with van der Waals surface area (Å²) in [4.78, 5) is 12.3. The van der Waals surface area contributed by atoms with Crippen LogP contribution in [0.5, 0.6) is 0 Å². The number of aliphatic hydroxyl groups is 1. The number of carbonyl (C=O) groups excluding carboxylic acids is 1. The molecule has 96 valence electrons. The Morgan fingerprint density at radius 2 is 2.22 bits per heavy atom. The molecule has 0 bridgehead atoms. The Kier molecular flexibility index (Phi) is 2.84. The van der Waals surface area contributed by atoms with Gasteiger partial charge in [0, 0.05) is 6.54 Å². The van der Waals surface area contributed by atoms with Crippen molar-refractivity contribution < 1.29 is 9.90 Å². The first-order valence-corrected chi connectivity index (χ1v) is 6.48. The fraction of sp³-hybridized carbons (Fsp3) is 0.500. The highest BCUT2D eigenvalue weighted by Crippen LogP contribution is 2.35. The predicted molar refractivity (Wildman–Crippen MR) is 68.1 cm³/mol. The van der Waals surface area contributed by atoms with Crippen LogP contribution in [0.4, 0.5) is 0 Å². The first-order chi connectivity index (χ1) is 8.74. The van der Waals surface area contributed by atoms with E-state index in [4.69, 9.17) is 0 Å². The zero-order chi connectivity index (χ0) is 12.6. The van der Waals surface area contributed by atoms with E-state index < -0.39 is 0 Å². The van der Waals surface area contributed by atoms with E-state index in [-0.39, 0.29) is 24.1 Å². The minimum absolute atomic E-state index is 0.0197. The van der Waals surface area contributed by atoms with Crippen molar-refractivity contribution in [1.29, 1.82) is 0 Å². The SMILES string of the molecule is O=C(NC1(CO)CC1)C1NCCc2ccccc21. The third kappa shape index (κ3) is 2.02. The first-order valence-electron chi connectivity index (χ1n) is 6.48. The van der Waals surface area contributed by atoms with Crippen LogP contribution in [0.15, 0.2) is 24.3 Å². The van der Waals surface area contributed by atoms with Gasteiger partial charge >= 0.3 is 0 Å². The molecule has 1 amide bonds. The molecule has 1 saturated carbocycles. The molecule has 1 atom stereocenters. The lowest BCUT2D eigenvalue weighted by Gasteiger charge is -2.27. The Hall–Kier alpha value is -1.39. The van der Waals surface area contributed by atoms with Gasteiger partial charge in [-0.1, -0.05) is 24.3 Å². The second-order valence-electron chi connectivity index (χ2n) is 5.26. The van der Waals surface area contributed by atoms with Crippen molar-refractivity contribution >= 4 is 5.91 Å². The van der Waals surface area contributed by atoms with Gasteiger partial charge < -0.3 is 15.7 Å². The highest BCUT2D eigenvalue weighted by atomic mass is 16.3. The molecular weight excluding hydrogens is 228 g/mol. The van der Waals surface area contributed by atoms with Gasteiger partial charge in [0.25, 0.3) is 0 Å². The topological polar surface area (TPSA) is 61.4 Å². The van der Waals surface area contributed by atoms with Crippen molar-refractivity contribution in [3.05, 3.63) is 35.4 Å². The minimum Gasteiger partial charge on any atom is -0.394 e. The molecule has 1 fully saturated rings. The van der Waals surface area contributed by atoms with Gasteiger partial charge in [0.15, 0.2) is 0 Å².